The summed E-state index contributed by atoms with van der Waals surface area (Å²) >= 11 is 3.06. The van der Waals surface area contributed by atoms with E-state index in [1.54, 1.807) is 6.92 Å². The van der Waals surface area contributed by atoms with Gasteiger partial charge in [-0.3, -0.25) is 0 Å². The third-order valence-corrected chi connectivity index (χ3v) is 2.05. The summed E-state index contributed by atoms with van der Waals surface area (Å²) in [5.74, 6) is -1.26. The molecule has 0 aromatic heterocycles. The topological polar surface area (TPSA) is 52.3 Å². The Hall–Kier alpha value is -1.10. The van der Waals surface area contributed by atoms with Gasteiger partial charge in [0.2, 0.25) is 0 Å². The van der Waals surface area contributed by atoms with E-state index in [-0.39, 0.29) is 17.9 Å². The van der Waals surface area contributed by atoms with Crippen molar-refractivity contribution in [2.45, 2.75) is 6.92 Å². The largest absolute Gasteiger partial charge is 0.462 e. The lowest BCUT2D eigenvalue weighted by molar-refractivity contribution is 0.0527. The number of nitrogens with two attached hydrogens (primary N) is 1. The van der Waals surface area contributed by atoms with Crippen LogP contribution >= 0.6 is 15.9 Å². The summed E-state index contributed by atoms with van der Waals surface area (Å²) < 4.78 is 18.2. The minimum absolute atomic E-state index is 0.0405. The van der Waals surface area contributed by atoms with Crippen LogP contribution in [0, 0.1) is 5.82 Å². The molecule has 0 saturated carbocycles. The van der Waals surface area contributed by atoms with Crippen molar-refractivity contribution in [2.75, 3.05) is 12.3 Å². The number of hydrogen-bond donors (Lipinski definition) is 1. The fraction of sp³-hybridized carbons (Fsp3) is 0.222. The molecule has 2 N–H and O–H groups in total. The van der Waals surface area contributed by atoms with E-state index in [0.29, 0.717) is 4.47 Å². The average Bonchev–Trinajstić information content (AvgIpc) is 2.11. The third kappa shape index (κ3) is 2.23. The van der Waals surface area contributed by atoms with Gasteiger partial charge in [-0.15, -0.1) is 0 Å². The Bertz CT molecular complexity index is 368. The first-order valence-corrected chi connectivity index (χ1v) is 4.77. The number of carbonyl (C=O) groups is 1. The molecule has 0 amide bonds. The molecule has 76 valence electrons. The molecule has 1 aromatic rings. The molecule has 0 radical (unpaired) electrons. The first-order chi connectivity index (χ1) is 6.56. The van der Waals surface area contributed by atoms with Crippen LogP contribution in [0.25, 0.3) is 0 Å². The van der Waals surface area contributed by atoms with Gasteiger partial charge < -0.3 is 10.5 Å². The molecular weight excluding hydrogens is 253 g/mol. The minimum Gasteiger partial charge on any atom is -0.462 e. The summed E-state index contributed by atoms with van der Waals surface area (Å²) in [6.07, 6.45) is 0. The zero-order valence-electron chi connectivity index (χ0n) is 7.51. The predicted octanol–water partition coefficient (Wildman–Crippen LogP) is 2.35. The van der Waals surface area contributed by atoms with Crippen molar-refractivity contribution in [1.82, 2.24) is 0 Å². The van der Waals surface area contributed by atoms with Crippen LogP contribution in [0.5, 0.6) is 0 Å². The molecule has 0 bridgehead atoms. The molecule has 0 aliphatic rings. The highest BCUT2D eigenvalue weighted by Crippen LogP contribution is 2.23. The Balaban J connectivity index is 3.13. The van der Waals surface area contributed by atoms with E-state index in [1.165, 1.54) is 12.1 Å². The quantitative estimate of drug-likeness (QED) is 0.657. The van der Waals surface area contributed by atoms with Crippen LogP contribution in [0.2, 0.25) is 0 Å². The van der Waals surface area contributed by atoms with E-state index in [4.69, 9.17) is 10.5 Å². The van der Waals surface area contributed by atoms with E-state index < -0.39 is 11.8 Å². The second kappa shape index (κ2) is 4.41. The van der Waals surface area contributed by atoms with E-state index >= 15 is 0 Å². The lowest BCUT2D eigenvalue weighted by Gasteiger charge is -2.06. The van der Waals surface area contributed by atoms with Gasteiger partial charge in [0.1, 0.15) is 5.82 Å². The third-order valence-electron chi connectivity index (χ3n) is 1.59. The Labute approximate surface area is 89.2 Å². The van der Waals surface area contributed by atoms with Crippen molar-refractivity contribution < 1.29 is 13.9 Å². The van der Waals surface area contributed by atoms with Crippen LogP contribution in [0.15, 0.2) is 16.6 Å². The van der Waals surface area contributed by atoms with Gasteiger partial charge in [0.05, 0.1) is 17.9 Å². The van der Waals surface area contributed by atoms with Crippen molar-refractivity contribution in [2.24, 2.45) is 0 Å². The highest BCUT2D eigenvalue weighted by Gasteiger charge is 2.14. The molecule has 0 atom stereocenters. The highest BCUT2D eigenvalue weighted by atomic mass is 79.9. The van der Waals surface area contributed by atoms with Crippen molar-refractivity contribution in [3.63, 3.8) is 0 Å². The van der Waals surface area contributed by atoms with Crippen LogP contribution < -0.4 is 5.73 Å². The van der Waals surface area contributed by atoms with Gasteiger partial charge in [-0.2, -0.15) is 0 Å². The van der Waals surface area contributed by atoms with Gasteiger partial charge in [-0.05, 0) is 19.1 Å². The van der Waals surface area contributed by atoms with Gasteiger partial charge in [0, 0.05) is 4.47 Å². The maximum atomic E-state index is 13.1. The van der Waals surface area contributed by atoms with E-state index in [9.17, 15) is 9.18 Å². The molecule has 1 rings (SSSR count). The highest BCUT2D eigenvalue weighted by molar-refractivity contribution is 9.10. The Morgan fingerprint density at radius 3 is 2.86 bits per heavy atom. The lowest BCUT2D eigenvalue weighted by atomic mass is 10.2. The van der Waals surface area contributed by atoms with Crippen LogP contribution in [0.4, 0.5) is 10.1 Å². The standard InChI is InChI=1S/C9H9BrFNO2/c1-2-14-9(13)6-3-5(10)4-7(11)8(6)12/h3-4H,2,12H2,1H3. The number of hydrogen-bond acceptors (Lipinski definition) is 3. The Morgan fingerprint density at radius 2 is 2.29 bits per heavy atom. The predicted molar refractivity (Wildman–Crippen MR) is 54.5 cm³/mol. The van der Waals surface area contributed by atoms with Crippen molar-refractivity contribution >= 4 is 27.6 Å². The molecule has 14 heavy (non-hydrogen) atoms. The zero-order valence-corrected chi connectivity index (χ0v) is 9.10. The molecule has 1 aromatic carbocycles. The summed E-state index contributed by atoms with van der Waals surface area (Å²) in [5.41, 5.74) is 5.24. The molecule has 0 spiro atoms. The molecule has 0 unspecified atom stereocenters. The number of benzene rings is 1. The first-order valence-electron chi connectivity index (χ1n) is 3.98. The van der Waals surface area contributed by atoms with E-state index in [0.717, 1.165) is 0 Å². The minimum atomic E-state index is -0.637. The summed E-state index contributed by atoms with van der Waals surface area (Å²) in [6.45, 7) is 1.90. The molecule has 0 aliphatic heterocycles. The lowest BCUT2D eigenvalue weighted by Crippen LogP contribution is -2.09. The molecule has 0 aliphatic carbocycles. The summed E-state index contributed by atoms with van der Waals surface area (Å²) in [4.78, 5) is 11.3. The summed E-state index contributed by atoms with van der Waals surface area (Å²) in [7, 11) is 0. The van der Waals surface area contributed by atoms with Crippen LogP contribution in [-0.2, 0) is 4.74 Å². The molecule has 3 nitrogen and oxygen atoms in total. The number of rotatable bonds is 2. The molecule has 0 saturated heterocycles. The smallest absolute Gasteiger partial charge is 0.340 e. The van der Waals surface area contributed by atoms with Crippen molar-refractivity contribution in [3.8, 4) is 0 Å². The monoisotopic (exact) mass is 261 g/mol. The maximum absolute atomic E-state index is 13.1. The number of carbonyl (C=O) groups excluding carboxylic acids is 1. The second-order valence-electron chi connectivity index (χ2n) is 2.57. The van der Waals surface area contributed by atoms with Gasteiger partial charge >= 0.3 is 5.97 Å². The number of halogens is 2. The normalized spacial score (nSPS) is 9.93. The van der Waals surface area contributed by atoms with Crippen LogP contribution in [0.1, 0.15) is 17.3 Å². The van der Waals surface area contributed by atoms with Crippen LogP contribution in [-0.4, -0.2) is 12.6 Å². The summed E-state index contributed by atoms with van der Waals surface area (Å²) in [5, 5.41) is 0. The fourth-order valence-electron chi connectivity index (χ4n) is 0.962. The van der Waals surface area contributed by atoms with Crippen molar-refractivity contribution in [3.05, 3.63) is 28.0 Å². The van der Waals surface area contributed by atoms with Gasteiger partial charge in [0.15, 0.2) is 0 Å². The van der Waals surface area contributed by atoms with Gasteiger partial charge in [0.25, 0.3) is 0 Å². The SMILES string of the molecule is CCOC(=O)c1cc(Br)cc(F)c1N. The molecule has 0 fully saturated rings. The number of anilines is 1. The van der Waals surface area contributed by atoms with Crippen LogP contribution in [0.3, 0.4) is 0 Å². The second-order valence-corrected chi connectivity index (χ2v) is 3.48. The molecule has 0 heterocycles. The first kappa shape index (κ1) is 11.0. The zero-order chi connectivity index (χ0) is 10.7. The number of ether oxygens (including phenoxy) is 1. The van der Waals surface area contributed by atoms with E-state index in [1.807, 2.05) is 0 Å². The van der Waals surface area contributed by atoms with Gasteiger partial charge in [-0.1, -0.05) is 15.9 Å². The Morgan fingerprint density at radius 1 is 1.64 bits per heavy atom. The Kier molecular flexibility index (Phi) is 3.46. The number of esters is 1. The maximum Gasteiger partial charge on any atom is 0.340 e. The van der Waals surface area contributed by atoms with Crippen molar-refractivity contribution in [1.29, 1.82) is 0 Å². The van der Waals surface area contributed by atoms with E-state index in [2.05, 4.69) is 15.9 Å². The van der Waals surface area contributed by atoms with Gasteiger partial charge in [-0.25, -0.2) is 9.18 Å². The fourth-order valence-corrected chi connectivity index (χ4v) is 1.39. The summed E-state index contributed by atoms with van der Waals surface area (Å²) in [6, 6.07) is 2.62. The molecule has 5 heteroatoms. The average molecular weight is 262 g/mol. The number of nitrogen functional groups attached to an aromatic ring is 1. The molecular formula is C9H9BrFNO2.